The molecule has 1 fully saturated rings. The van der Waals surface area contributed by atoms with Gasteiger partial charge >= 0.3 is 0 Å². The van der Waals surface area contributed by atoms with Gasteiger partial charge in [-0.3, -0.25) is 4.90 Å². The summed E-state index contributed by atoms with van der Waals surface area (Å²) in [6.07, 6.45) is 0. The SMILES string of the molecule is CC(O)(CN1CCN(c2ccc(Cl)cc2Cl)[C@H](c2ccc(Cl)cc2)C1)c1cccc(C#N)c1. The molecule has 0 bridgehead atoms. The molecule has 4 rings (SSSR count). The third-order valence-corrected chi connectivity index (χ3v) is 6.87. The maximum Gasteiger partial charge on any atom is 0.0995 e. The molecule has 4 nitrogen and oxygen atoms in total. The van der Waals surface area contributed by atoms with Crippen LogP contribution in [0.15, 0.2) is 66.7 Å². The summed E-state index contributed by atoms with van der Waals surface area (Å²) in [5.74, 6) is 0. The minimum Gasteiger partial charge on any atom is -0.384 e. The van der Waals surface area contributed by atoms with Gasteiger partial charge in [0.25, 0.3) is 0 Å². The van der Waals surface area contributed by atoms with Gasteiger partial charge in [-0.15, -0.1) is 0 Å². The van der Waals surface area contributed by atoms with Gasteiger partial charge in [0.1, 0.15) is 0 Å². The van der Waals surface area contributed by atoms with Crippen LogP contribution in [-0.2, 0) is 5.60 Å². The van der Waals surface area contributed by atoms with Gasteiger partial charge in [-0.1, -0.05) is 59.1 Å². The van der Waals surface area contributed by atoms with Crippen molar-refractivity contribution in [3.63, 3.8) is 0 Å². The first-order valence-corrected chi connectivity index (χ1v) is 11.8. The first-order chi connectivity index (χ1) is 15.8. The van der Waals surface area contributed by atoms with Crippen molar-refractivity contribution in [3.8, 4) is 6.07 Å². The molecular weight excluding hydrogens is 477 g/mol. The van der Waals surface area contributed by atoms with Crippen LogP contribution < -0.4 is 4.90 Å². The fourth-order valence-corrected chi connectivity index (χ4v) is 5.05. The second kappa shape index (κ2) is 9.93. The Hall–Kier alpha value is -2.26. The maximum absolute atomic E-state index is 11.3. The van der Waals surface area contributed by atoms with E-state index in [0.717, 1.165) is 29.9 Å². The van der Waals surface area contributed by atoms with Gasteiger partial charge in [0.2, 0.25) is 0 Å². The molecule has 3 aromatic carbocycles. The minimum absolute atomic E-state index is 0.0101. The molecule has 3 aromatic rings. The zero-order chi connectivity index (χ0) is 23.6. The minimum atomic E-state index is -1.10. The molecule has 0 aliphatic carbocycles. The lowest BCUT2D eigenvalue weighted by molar-refractivity contribution is 0.0103. The molecule has 1 aliphatic rings. The second-order valence-electron chi connectivity index (χ2n) is 8.56. The van der Waals surface area contributed by atoms with E-state index in [-0.39, 0.29) is 6.04 Å². The van der Waals surface area contributed by atoms with Crippen LogP contribution in [-0.4, -0.2) is 36.2 Å². The Morgan fingerprint density at radius 3 is 2.42 bits per heavy atom. The summed E-state index contributed by atoms with van der Waals surface area (Å²) in [4.78, 5) is 4.53. The van der Waals surface area contributed by atoms with Crippen molar-refractivity contribution in [1.29, 1.82) is 5.26 Å². The molecule has 0 aromatic heterocycles. The number of halogens is 3. The standard InChI is InChI=1S/C26H24Cl3N3O/c1-26(33,20-4-2-3-18(13-20)15-30)17-31-11-12-32(24-10-9-22(28)14-23(24)29)25(16-31)19-5-7-21(27)8-6-19/h2-10,13-14,25,33H,11-12,16-17H2,1H3/t25-,26?/m0/s1. The Balaban J connectivity index is 1.62. The number of piperazine rings is 1. The molecule has 0 spiro atoms. The normalized spacial score (nSPS) is 18.5. The summed E-state index contributed by atoms with van der Waals surface area (Å²) in [5.41, 5.74) is 2.20. The van der Waals surface area contributed by atoms with Gasteiger partial charge in [0.15, 0.2) is 0 Å². The summed E-state index contributed by atoms with van der Waals surface area (Å²) < 4.78 is 0. The van der Waals surface area contributed by atoms with Crippen molar-refractivity contribution in [3.05, 3.63) is 98.5 Å². The smallest absolute Gasteiger partial charge is 0.0995 e. The first-order valence-electron chi connectivity index (χ1n) is 10.7. The Morgan fingerprint density at radius 1 is 1.00 bits per heavy atom. The number of rotatable bonds is 5. The number of aliphatic hydroxyl groups is 1. The number of anilines is 1. The van der Waals surface area contributed by atoms with Crippen molar-refractivity contribution < 1.29 is 5.11 Å². The summed E-state index contributed by atoms with van der Waals surface area (Å²) in [5, 5.41) is 22.4. The predicted molar refractivity (Wildman–Crippen MR) is 135 cm³/mol. The van der Waals surface area contributed by atoms with E-state index >= 15 is 0 Å². The van der Waals surface area contributed by atoms with E-state index in [1.165, 1.54) is 0 Å². The molecule has 33 heavy (non-hydrogen) atoms. The molecule has 1 saturated heterocycles. The molecule has 7 heteroatoms. The topological polar surface area (TPSA) is 50.5 Å². The van der Waals surface area contributed by atoms with Crippen LogP contribution in [0.3, 0.4) is 0 Å². The van der Waals surface area contributed by atoms with Crippen molar-refractivity contribution in [2.24, 2.45) is 0 Å². The highest BCUT2D eigenvalue weighted by atomic mass is 35.5. The number of benzene rings is 3. The lowest BCUT2D eigenvalue weighted by Gasteiger charge is -2.45. The summed E-state index contributed by atoms with van der Waals surface area (Å²) in [6, 6.07) is 22.7. The van der Waals surface area contributed by atoms with E-state index in [9.17, 15) is 10.4 Å². The van der Waals surface area contributed by atoms with Crippen LogP contribution in [0, 0.1) is 11.3 Å². The van der Waals surface area contributed by atoms with Crippen LogP contribution in [0.2, 0.25) is 15.1 Å². The number of hydrogen-bond acceptors (Lipinski definition) is 4. The Kier molecular flexibility index (Phi) is 7.19. The molecule has 0 amide bonds. The molecule has 1 unspecified atom stereocenters. The largest absolute Gasteiger partial charge is 0.384 e. The van der Waals surface area contributed by atoms with Crippen LogP contribution in [0.4, 0.5) is 5.69 Å². The van der Waals surface area contributed by atoms with Crippen molar-refractivity contribution in [1.82, 2.24) is 4.90 Å². The van der Waals surface area contributed by atoms with E-state index < -0.39 is 5.60 Å². The van der Waals surface area contributed by atoms with E-state index in [1.54, 1.807) is 31.2 Å². The van der Waals surface area contributed by atoms with Crippen LogP contribution >= 0.6 is 34.8 Å². The van der Waals surface area contributed by atoms with Gasteiger partial charge in [-0.25, -0.2) is 0 Å². The molecule has 2 atom stereocenters. The average Bonchev–Trinajstić information content (AvgIpc) is 2.80. The van der Waals surface area contributed by atoms with Crippen LogP contribution in [0.5, 0.6) is 0 Å². The van der Waals surface area contributed by atoms with Crippen LogP contribution in [0.25, 0.3) is 0 Å². The van der Waals surface area contributed by atoms with E-state index in [0.29, 0.717) is 33.7 Å². The van der Waals surface area contributed by atoms with Gasteiger partial charge in [-0.2, -0.15) is 5.26 Å². The Bertz CT molecular complexity index is 1170. The molecule has 0 saturated carbocycles. The van der Waals surface area contributed by atoms with E-state index in [1.807, 2.05) is 42.5 Å². The van der Waals surface area contributed by atoms with Crippen molar-refractivity contribution >= 4 is 40.5 Å². The van der Waals surface area contributed by atoms with E-state index in [4.69, 9.17) is 34.8 Å². The number of β-amino-alcohol motifs (C(OH)–C–C–N with tert-alkyl or cyclic N) is 1. The third kappa shape index (κ3) is 5.46. The van der Waals surface area contributed by atoms with Crippen molar-refractivity contribution in [2.75, 3.05) is 31.1 Å². The van der Waals surface area contributed by atoms with Gasteiger partial charge in [0.05, 0.1) is 34.0 Å². The zero-order valence-electron chi connectivity index (χ0n) is 18.2. The summed E-state index contributed by atoms with van der Waals surface area (Å²) in [7, 11) is 0. The molecule has 170 valence electrons. The van der Waals surface area contributed by atoms with Gasteiger partial charge in [0, 0.05) is 36.2 Å². The fraction of sp³-hybridized carbons (Fsp3) is 0.269. The molecule has 0 radical (unpaired) electrons. The van der Waals surface area contributed by atoms with Gasteiger partial charge < -0.3 is 10.0 Å². The third-order valence-electron chi connectivity index (χ3n) is 6.08. The Labute approximate surface area is 209 Å². The molecule has 1 aliphatic heterocycles. The highest BCUT2D eigenvalue weighted by Gasteiger charge is 2.34. The monoisotopic (exact) mass is 499 g/mol. The number of nitriles is 1. The van der Waals surface area contributed by atoms with Crippen molar-refractivity contribution in [2.45, 2.75) is 18.6 Å². The highest BCUT2D eigenvalue weighted by Crippen LogP contribution is 2.37. The zero-order valence-corrected chi connectivity index (χ0v) is 20.4. The number of nitrogens with zero attached hydrogens (tertiary/aromatic N) is 3. The fourth-order valence-electron chi connectivity index (χ4n) is 4.41. The molecular formula is C26H24Cl3N3O. The van der Waals surface area contributed by atoms with Crippen LogP contribution in [0.1, 0.15) is 29.7 Å². The average molecular weight is 501 g/mol. The summed E-state index contributed by atoms with van der Waals surface area (Å²) in [6.45, 7) is 4.39. The van der Waals surface area contributed by atoms with Gasteiger partial charge in [-0.05, 0) is 60.5 Å². The quantitative estimate of drug-likeness (QED) is 0.447. The predicted octanol–water partition coefficient (Wildman–Crippen LogP) is 6.29. The highest BCUT2D eigenvalue weighted by molar-refractivity contribution is 6.36. The first kappa shape index (κ1) is 23.9. The Morgan fingerprint density at radius 2 is 1.73 bits per heavy atom. The number of hydrogen-bond donors (Lipinski definition) is 1. The maximum atomic E-state index is 11.3. The lowest BCUT2D eigenvalue weighted by atomic mass is 9.92. The molecule has 1 heterocycles. The second-order valence-corrected chi connectivity index (χ2v) is 9.84. The van der Waals surface area contributed by atoms with E-state index in [2.05, 4.69) is 15.9 Å². The molecule has 1 N–H and O–H groups in total. The summed E-state index contributed by atoms with van der Waals surface area (Å²) >= 11 is 18.8. The lowest BCUT2D eigenvalue weighted by Crippen LogP contribution is -2.52.